The molecule has 1 aliphatic rings. The Labute approximate surface area is 118 Å². The Bertz CT molecular complexity index is 375. The first-order chi connectivity index (χ1) is 9.31. The van der Waals surface area contributed by atoms with Gasteiger partial charge in [-0.25, -0.2) is 0 Å². The second kappa shape index (κ2) is 7.54. The predicted molar refractivity (Wildman–Crippen MR) is 84.0 cm³/mol. The van der Waals surface area contributed by atoms with Crippen LogP contribution in [0.1, 0.15) is 45.1 Å². The molecule has 106 valence electrons. The van der Waals surface area contributed by atoms with Gasteiger partial charge in [-0.1, -0.05) is 31.5 Å². The van der Waals surface area contributed by atoms with Crippen molar-refractivity contribution < 1.29 is 0 Å². The van der Waals surface area contributed by atoms with Crippen molar-refractivity contribution in [3.63, 3.8) is 0 Å². The lowest BCUT2D eigenvalue weighted by Gasteiger charge is -2.31. The number of hydrogen-bond acceptors (Lipinski definition) is 2. The molecule has 0 saturated heterocycles. The zero-order chi connectivity index (χ0) is 13.5. The van der Waals surface area contributed by atoms with Crippen molar-refractivity contribution in [1.82, 2.24) is 5.32 Å². The Morgan fingerprint density at radius 1 is 1.26 bits per heavy atom. The first-order valence-electron chi connectivity index (χ1n) is 7.87. The summed E-state index contributed by atoms with van der Waals surface area (Å²) in [7, 11) is 0. The molecule has 0 bridgehead atoms. The number of unbranched alkanes of at least 4 members (excludes halogenated alkanes) is 1. The van der Waals surface area contributed by atoms with E-state index in [2.05, 4.69) is 48.3 Å². The van der Waals surface area contributed by atoms with Crippen molar-refractivity contribution in [2.45, 2.75) is 52.0 Å². The molecule has 0 fully saturated rings. The quantitative estimate of drug-likeness (QED) is 0.753. The van der Waals surface area contributed by atoms with Crippen molar-refractivity contribution in [1.29, 1.82) is 0 Å². The molecule has 0 aromatic heterocycles. The SMILES string of the molecule is CCNC(C)CCCCN1CCCc2ccccc21. The summed E-state index contributed by atoms with van der Waals surface area (Å²) < 4.78 is 0. The molecule has 2 nitrogen and oxygen atoms in total. The van der Waals surface area contributed by atoms with Crippen LogP contribution in [0.3, 0.4) is 0 Å². The fourth-order valence-electron chi connectivity index (χ4n) is 3.05. The average molecular weight is 260 g/mol. The molecular weight excluding hydrogens is 232 g/mol. The molecule has 2 heteroatoms. The molecule has 1 heterocycles. The number of fused-ring (bicyclic) bond motifs is 1. The van der Waals surface area contributed by atoms with Crippen LogP contribution in [0.25, 0.3) is 0 Å². The van der Waals surface area contributed by atoms with Crippen LogP contribution in [0.2, 0.25) is 0 Å². The maximum Gasteiger partial charge on any atom is 0.0398 e. The lowest BCUT2D eigenvalue weighted by molar-refractivity contribution is 0.499. The second-order valence-corrected chi connectivity index (χ2v) is 5.67. The molecule has 1 aromatic carbocycles. The first-order valence-corrected chi connectivity index (χ1v) is 7.87. The molecule has 1 aromatic rings. The summed E-state index contributed by atoms with van der Waals surface area (Å²) in [5.74, 6) is 0. The molecule has 0 amide bonds. The second-order valence-electron chi connectivity index (χ2n) is 5.67. The van der Waals surface area contributed by atoms with Gasteiger partial charge in [0.25, 0.3) is 0 Å². The van der Waals surface area contributed by atoms with Crippen molar-refractivity contribution in [2.24, 2.45) is 0 Å². The smallest absolute Gasteiger partial charge is 0.0398 e. The number of benzene rings is 1. The molecule has 1 atom stereocenters. The molecule has 1 aliphatic heterocycles. The van der Waals surface area contributed by atoms with Gasteiger partial charge in [0.2, 0.25) is 0 Å². The van der Waals surface area contributed by atoms with Gasteiger partial charge in [0, 0.05) is 24.8 Å². The zero-order valence-corrected chi connectivity index (χ0v) is 12.5. The monoisotopic (exact) mass is 260 g/mol. The van der Waals surface area contributed by atoms with Crippen LogP contribution in [0.4, 0.5) is 5.69 Å². The third-order valence-electron chi connectivity index (χ3n) is 4.07. The van der Waals surface area contributed by atoms with E-state index in [-0.39, 0.29) is 0 Å². The average Bonchev–Trinajstić information content (AvgIpc) is 2.44. The summed E-state index contributed by atoms with van der Waals surface area (Å²) in [5.41, 5.74) is 3.02. The highest BCUT2D eigenvalue weighted by Gasteiger charge is 2.15. The van der Waals surface area contributed by atoms with E-state index in [0.717, 1.165) is 6.54 Å². The number of anilines is 1. The van der Waals surface area contributed by atoms with Gasteiger partial charge < -0.3 is 10.2 Å². The highest BCUT2D eigenvalue weighted by molar-refractivity contribution is 5.55. The van der Waals surface area contributed by atoms with Gasteiger partial charge in [-0.15, -0.1) is 0 Å². The van der Waals surface area contributed by atoms with Crippen LogP contribution >= 0.6 is 0 Å². The van der Waals surface area contributed by atoms with Gasteiger partial charge in [-0.05, 0) is 50.8 Å². The number of nitrogens with one attached hydrogen (secondary N) is 1. The van der Waals surface area contributed by atoms with Crippen LogP contribution < -0.4 is 10.2 Å². The maximum atomic E-state index is 3.49. The van der Waals surface area contributed by atoms with Crippen molar-refractivity contribution in [3.05, 3.63) is 29.8 Å². The third-order valence-corrected chi connectivity index (χ3v) is 4.07. The highest BCUT2D eigenvalue weighted by atomic mass is 15.1. The largest absolute Gasteiger partial charge is 0.371 e. The van der Waals surface area contributed by atoms with Crippen molar-refractivity contribution in [2.75, 3.05) is 24.5 Å². The van der Waals surface area contributed by atoms with Gasteiger partial charge in [0.1, 0.15) is 0 Å². The highest BCUT2D eigenvalue weighted by Crippen LogP contribution is 2.26. The zero-order valence-electron chi connectivity index (χ0n) is 12.5. The van der Waals surface area contributed by atoms with Crippen LogP contribution in [0.15, 0.2) is 24.3 Å². The Balaban J connectivity index is 1.75. The van der Waals surface area contributed by atoms with Crippen LogP contribution in [-0.2, 0) is 6.42 Å². The van der Waals surface area contributed by atoms with Crippen LogP contribution in [-0.4, -0.2) is 25.7 Å². The van der Waals surface area contributed by atoms with Crippen molar-refractivity contribution in [3.8, 4) is 0 Å². The lowest BCUT2D eigenvalue weighted by Crippen LogP contribution is -2.30. The predicted octanol–water partition coefficient (Wildman–Crippen LogP) is 3.61. The fourth-order valence-corrected chi connectivity index (χ4v) is 3.05. The molecule has 19 heavy (non-hydrogen) atoms. The van der Waals surface area contributed by atoms with E-state index in [1.54, 1.807) is 0 Å². The molecule has 0 radical (unpaired) electrons. The van der Waals surface area contributed by atoms with E-state index in [1.165, 1.54) is 56.4 Å². The lowest BCUT2D eigenvalue weighted by atomic mass is 10.0. The Morgan fingerprint density at radius 2 is 2.11 bits per heavy atom. The van der Waals surface area contributed by atoms with E-state index >= 15 is 0 Å². The van der Waals surface area contributed by atoms with Gasteiger partial charge in [0.05, 0.1) is 0 Å². The number of para-hydroxylation sites is 1. The van der Waals surface area contributed by atoms with E-state index in [1.807, 2.05) is 0 Å². The fraction of sp³-hybridized carbons (Fsp3) is 0.647. The van der Waals surface area contributed by atoms with Gasteiger partial charge in [-0.3, -0.25) is 0 Å². The molecule has 1 unspecified atom stereocenters. The van der Waals surface area contributed by atoms with E-state index < -0.39 is 0 Å². The summed E-state index contributed by atoms with van der Waals surface area (Å²) in [4.78, 5) is 2.58. The number of nitrogens with zero attached hydrogens (tertiary/aromatic N) is 1. The van der Waals surface area contributed by atoms with Crippen LogP contribution in [0, 0.1) is 0 Å². The molecule has 0 aliphatic carbocycles. The molecule has 0 spiro atoms. The standard InChI is InChI=1S/C17H28N2/c1-3-18-15(2)9-6-7-13-19-14-8-11-16-10-4-5-12-17(16)19/h4-5,10,12,15,18H,3,6-9,11,13-14H2,1-2H3. The van der Waals surface area contributed by atoms with E-state index in [9.17, 15) is 0 Å². The summed E-state index contributed by atoms with van der Waals surface area (Å²) in [6.07, 6.45) is 6.50. The van der Waals surface area contributed by atoms with Gasteiger partial charge >= 0.3 is 0 Å². The first kappa shape index (κ1) is 14.4. The summed E-state index contributed by atoms with van der Waals surface area (Å²) in [6.45, 7) is 8.01. The Kier molecular flexibility index (Phi) is 5.71. The number of hydrogen-bond donors (Lipinski definition) is 1. The van der Waals surface area contributed by atoms with Gasteiger partial charge in [0.15, 0.2) is 0 Å². The van der Waals surface area contributed by atoms with Gasteiger partial charge in [-0.2, -0.15) is 0 Å². The van der Waals surface area contributed by atoms with E-state index in [0.29, 0.717) is 6.04 Å². The topological polar surface area (TPSA) is 15.3 Å². The van der Waals surface area contributed by atoms with E-state index in [4.69, 9.17) is 0 Å². The minimum atomic E-state index is 0.665. The normalized spacial score (nSPS) is 16.2. The Morgan fingerprint density at radius 3 is 2.95 bits per heavy atom. The molecule has 1 N–H and O–H groups in total. The van der Waals surface area contributed by atoms with Crippen LogP contribution in [0.5, 0.6) is 0 Å². The minimum absolute atomic E-state index is 0.665. The number of rotatable bonds is 7. The Hall–Kier alpha value is -1.02. The molecule has 0 saturated carbocycles. The third kappa shape index (κ3) is 4.24. The summed E-state index contributed by atoms with van der Waals surface area (Å²) in [6, 6.07) is 9.58. The molecular formula is C17H28N2. The summed E-state index contributed by atoms with van der Waals surface area (Å²) in [5, 5.41) is 3.49. The number of aryl methyl sites for hydroxylation is 1. The van der Waals surface area contributed by atoms with Crippen molar-refractivity contribution >= 4 is 5.69 Å². The maximum absolute atomic E-state index is 3.49. The summed E-state index contributed by atoms with van der Waals surface area (Å²) >= 11 is 0. The minimum Gasteiger partial charge on any atom is -0.371 e. The molecule has 2 rings (SSSR count).